The summed E-state index contributed by atoms with van der Waals surface area (Å²) in [6, 6.07) is 21.7. The molecule has 0 atom stereocenters. The minimum absolute atomic E-state index is 0.251. The number of pyridine rings is 1. The summed E-state index contributed by atoms with van der Waals surface area (Å²) in [5.74, 6) is -0.117. The second-order valence-electron chi connectivity index (χ2n) is 9.71. The number of nitrogens with one attached hydrogen (secondary N) is 1. The Kier molecular flexibility index (Phi) is 5.34. The fraction of sp³-hybridized carbons (Fsp3) is 0.179. The molecule has 2 amide bonds. The highest BCUT2D eigenvalue weighted by Gasteiger charge is 2.51. The number of fused-ring (bicyclic) bond motifs is 3. The first kappa shape index (κ1) is 23.5. The molecule has 0 saturated heterocycles. The molecule has 2 aliphatic rings. The van der Waals surface area contributed by atoms with Gasteiger partial charge in [-0.2, -0.15) is 9.49 Å². The molecule has 4 heterocycles. The van der Waals surface area contributed by atoms with Crippen LogP contribution in [0.15, 0.2) is 77.8 Å². The average Bonchev–Trinajstić information content (AvgIpc) is 3.37. The molecule has 2 aliphatic heterocycles. The number of para-hydroxylation sites is 1. The number of anilines is 3. The third kappa shape index (κ3) is 3.81. The van der Waals surface area contributed by atoms with Gasteiger partial charge >= 0.3 is 0 Å². The second kappa shape index (κ2) is 8.62. The fourth-order valence-electron chi connectivity index (χ4n) is 4.61. The van der Waals surface area contributed by atoms with Crippen LogP contribution in [0.4, 0.5) is 21.7 Å². The zero-order chi connectivity index (χ0) is 26.6. The zero-order valence-electron chi connectivity index (χ0n) is 21.0. The van der Waals surface area contributed by atoms with Crippen LogP contribution >= 0.6 is 0 Å². The summed E-state index contributed by atoms with van der Waals surface area (Å²) in [7, 11) is 1.61. The van der Waals surface area contributed by atoms with Crippen LogP contribution in [-0.4, -0.2) is 50.0 Å². The van der Waals surface area contributed by atoms with Gasteiger partial charge in [-0.3, -0.25) is 14.5 Å². The van der Waals surface area contributed by atoms with Gasteiger partial charge in [-0.05, 0) is 43.7 Å². The monoisotopic (exact) mass is 509 g/mol. The van der Waals surface area contributed by atoms with E-state index in [-0.39, 0.29) is 23.6 Å². The number of nitrogens with zero attached hydrogens (tertiary/aromatic N) is 6. The molecule has 6 rings (SSSR count). The van der Waals surface area contributed by atoms with Crippen LogP contribution in [-0.2, 0) is 11.3 Å². The molecule has 1 N–H and O–H groups in total. The highest BCUT2D eigenvalue weighted by Crippen LogP contribution is 2.39. The van der Waals surface area contributed by atoms with E-state index in [0.29, 0.717) is 23.6 Å². The standard InChI is InChI=1S/C28H24FN7O2/c1-28(2)26(38)36-24-22(25(37)34(3)27(36)32-28)23(30-19-8-5-4-6-9-19)35(33-24)16-17-12-14-18(15-13-17)20-10-7-11-21(29)31-20/h4-15,30H,16H2,1-3H3. The largest absolute Gasteiger partial charge is 0.340 e. The van der Waals surface area contributed by atoms with Gasteiger partial charge in [-0.1, -0.05) is 48.5 Å². The number of carbonyl (C=O) groups is 2. The van der Waals surface area contributed by atoms with Gasteiger partial charge in [-0.15, -0.1) is 0 Å². The minimum Gasteiger partial charge on any atom is -0.340 e. The van der Waals surface area contributed by atoms with Crippen molar-refractivity contribution in [1.29, 1.82) is 0 Å². The number of amides is 2. The van der Waals surface area contributed by atoms with Crippen LogP contribution in [0.25, 0.3) is 11.3 Å². The van der Waals surface area contributed by atoms with Gasteiger partial charge in [0.2, 0.25) is 11.9 Å². The van der Waals surface area contributed by atoms with Gasteiger partial charge in [-0.25, -0.2) is 19.6 Å². The maximum absolute atomic E-state index is 13.6. The van der Waals surface area contributed by atoms with E-state index in [2.05, 4.69) is 15.3 Å². The van der Waals surface area contributed by atoms with Crippen LogP contribution in [0.1, 0.15) is 29.8 Å². The molecule has 38 heavy (non-hydrogen) atoms. The lowest BCUT2D eigenvalue weighted by Crippen LogP contribution is -2.51. The fourth-order valence-corrected chi connectivity index (χ4v) is 4.61. The molecule has 0 unspecified atom stereocenters. The lowest BCUT2D eigenvalue weighted by molar-refractivity contribution is -0.120. The Hall–Kier alpha value is -4.86. The van der Waals surface area contributed by atoms with Gasteiger partial charge in [0.25, 0.3) is 11.8 Å². The lowest BCUT2D eigenvalue weighted by atomic mass is 10.1. The van der Waals surface area contributed by atoms with Gasteiger partial charge in [0, 0.05) is 18.3 Å². The Morgan fingerprint density at radius 3 is 2.39 bits per heavy atom. The van der Waals surface area contributed by atoms with Crippen molar-refractivity contribution in [3.63, 3.8) is 0 Å². The molecular weight excluding hydrogens is 485 g/mol. The summed E-state index contributed by atoms with van der Waals surface area (Å²) in [5.41, 5.74) is 2.26. The summed E-state index contributed by atoms with van der Waals surface area (Å²) in [5, 5.41) is 8.08. The van der Waals surface area contributed by atoms with Crippen LogP contribution < -0.4 is 10.2 Å². The quantitative estimate of drug-likeness (QED) is 0.401. The average molecular weight is 510 g/mol. The number of guanidine groups is 1. The molecule has 4 aromatic rings. The highest BCUT2D eigenvalue weighted by molar-refractivity contribution is 6.32. The summed E-state index contributed by atoms with van der Waals surface area (Å²) < 4.78 is 15.3. The molecule has 0 bridgehead atoms. The minimum atomic E-state index is -1.01. The van der Waals surface area contributed by atoms with Crippen molar-refractivity contribution in [2.75, 3.05) is 17.3 Å². The van der Waals surface area contributed by atoms with E-state index in [9.17, 15) is 14.0 Å². The Morgan fingerprint density at radius 1 is 0.947 bits per heavy atom. The van der Waals surface area contributed by atoms with E-state index in [1.165, 1.54) is 15.9 Å². The topological polar surface area (TPSA) is 95.7 Å². The summed E-state index contributed by atoms with van der Waals surface area (Å²) in [6.45, 7) is 3.75. The van der Waals surface area contributed by atoms with Crippen molar-refractivity contribution >= 4 is 35.1 Å². The Morgan fingerprint density at radius 2 is 1.68 bits per heavy atom. The predicted molar refractivity (Wildman–Crippen MR) is 142 cm³/mol. The molecule has 0 aliphatic carbocycles. The van der Waals surface area contributed by atoms with E-state index < -0.39 is 11.5 Å². The lowest BCUT2D eigenvalue weighted by Gasteiger charge is -2.29. The third-order valence-corrected chi connectivity index (χ3v) is 6.60. The zero-order valence-corrected chi connectivity index (χ0v) is 21.0. The molecule has 2 aromatic carbocycles. The SMILES string of the molecule is CN1C(=O)c2c(nn(Cc3ccc(-c4cccc(F)n4)cc3)c2Nc2ccccc2)N2C(=O)C(C)(C)N=C12. The number of halogens is 1. The van der Waals surface area contributed by atoms with E-state index in [4.69, 9.17) is 5.10 Å². The number of hydrogen-bond donors (Lipinski definition) is 1. The third-order valence-electron chi connectivity index (χ3n) is 6.60. The Balaban J connectivity index is 1.43. The number of aliphatic imine (C=N–C) groups is 1. The molecule has 2 aromatic heterocycles. The normalized spacial score (nSPS) is 15.8. The van der Waals surface area contributed by atoms with Crippen LogP contribution in [0.3, 0.4) is 0 Å². The molecular formula is C28H24FN7O2. The maximum atomic E-state index is 13.6. The number of benzene rings is 2. The molecule has 0 saturated carbocycles. The van der Waals surface area contributed by atoms with E-state index in [1.807, 2.05) is 54.6 Å². The van der Waals surface area contributed by atoms with Crippen molar-refractivity contribution in [2.45, 2.75) is 25.9 Å². The van der Waals surface area contributed by atoms with Crippen LogP contribution in [0.5, 0.6) is 0 Å². The first-order valence-corrected chi connectivity index (χ1v) is 12.1. The maximum Gasteiger partial charge on any atom is 0.267 e. The number of carbonyl (C=O) groups excluding carboxylic acids is 2. The van der Waals surface area contributed by atoms with Crippen molar-refractivity contribution in [3.8, 4) is 11.3 Å². The molecule has 0 radical (unpaired) electrons. The van der Waals surface area contributed by atoms with Gasteiger partial charge in [0.15, 0.2) is 5.82 Å². The van der Waals surface area contributed by atoms with Crippen LogP contribution in [0.2, 0.25) is 0 Å². The first-order valence-electron chi connectivity index (χ1n) is 12.1. The highest BCUT2D eigenvalue weighted by atomic mass is 19.1. The second-order valence-corrected chi connectivity index (χ2v) is 9.71. The van der Waals surface area contributed by atoms with E-state index >= 15 is 0 Å². The molecule has 190 valence electrons. The summed E-state index contributed by atoms with van der Waals surface area (Å²) in [4.78, 5) is 38.1. The Labute approximate surface area is 218 Å². The summed E-state index contributed by atoms with van der Waals surface area (Å²) >= 11 is 0. The van der Waals surface area contributed by atoms with Gasteiger partial charge < -0.3 is 5.32 Å². The first-order chi connectivity index (χ1) is 18.2. The molecule has 10 heteroatoms. The van der Waals surface area contributed by atoms with Crippen molar-refractivity contribution in [1.82, 2.24) is 19.7 Å². The Bertz CT molecular complexity index is 1610. The number of aromatic nitrogens is 3. The van der Waals surface area contributed by atoms with Crippen molar-refractivity contribution in [2.24, 2.45) is 4.99 Å². The number of hydrogen-bond acceptors (Lipinski definition) is 6. The van der Waals surface area contributed by atoms with Gasteiger partial charge in [0.1, 0.15) is 16.9 Å². The predicted octanol–water partition coefficient (Wildman–Crippen LogP) is 4.44. The summed E-state index contributed by atoms with van der Waals surface area (Å²) in [6.07, 6.45) is 0. The molecule has 9 nitrogen and oxygen atoms in total. The number of rotatable bonds is 5. The van der Waals surface area contributed by atoms with E-state index in [0.717, 1.165) is 16.8 Å². The smallest absolute Gasteiger partial charge is 0.267 e. The van der Waals surface area contributed by atoms with Crippen molar-refractivity contribution in [3.05, 3.63) is 89.9 Å². The molecule has 0 spiro atoms. The van der Waals surface area contributed by atoms with Crippen molar-refractivity contribution < 1.29 is 14.0 Å². The van der Waals surface area contributed by atoms with E-state index in [1.54, 1.807) is 37.7 Å². The van der Waals surface area contributed by atoms with Crippen LogP contribution in [0, 0.1) is 5.95 Å². The van der Waals surface area contributed by atoms with Gasteiger partial charge in [0.05, 0.1) is 12.2 Å². The molecule has 0 fully saturated rings.